The zero-order valence-corrected chi connectivity index (χ0v) is 12.4. The van der Waals surface area contributed by atoms with Gasteiger partial charge in [-0.25, -0.2) is 17.9 Å². The van der Waals surface area contributed by atoms with Crippen molar-refractivity contribution in [1.82, 2.24) is 4.72 Å². The van der Waals surface area contributed by atoms with Crippen LogP contribution in [-0.4, -0.2) is 26.9 Å². The molecule has 1 rings (SSSR count). The Bertz CT molecular complexity index is 648. The van der Waals surface area contributed by atoms with E-state index in [1.54, 1.807) is 23.8 Å². The Labute approximate surface area is 122 Å². The number of ketones is 1. The van der Waals surface area contributed by atoms with E-state index in [0.29, 0.717) is 0 Å². The van der Waals surface area contributed by atoms with Crippen LogP contribution in [0.3, 0.4) is 0 Å². The van der Waals surface area contributed by atoms with Gasteiger partial charge in [0.15, 0.2) is 12.4 Å². The van der Waals surface area contributed by atoms with E-state index in [4.69, 9.17) is 0 Å². The van der Waals surface area contributed by atoms with Crippen molar-refractivity contribution >= 4 is 21.9 Å². The second-order valence-electron chi connectivity index (χ2n) is 4.26. The molecule has 0 aliphatic rings. The molecule has 0 radical (unpaired) electrons. The van der Waals surface area contributed by atoms with Crippen molar-refractivity contribution in [2.45, 2.75) is 18.7 Å². The van der Waals surface area contributed by atoms with E-state index < -0.39 is 28.5 Å². The number of amides is 1. The third kappa shape index (κ3) is 5.36. The summed E-state index contributed by atoms with van der Waals surface area (Å²) in [5.41, 5.74) is 1.10. The van der Waals surface area contributed by atoms with Crippen LogP contribution in [0.25, 0.3) is 0 Å². The average molecular weight is 313 g/mol. The zero-order valence-electron chi connectivity index (χ0n) is 11.6. The van der Waals surface area contributed by atoms with Gasteiger partial charge in [0.25, 0.3) is 10.0 Å². The van der Waals surface area contributed by atoms with Crippen LogP contribution in [0.2, 0.25) is 0 Å². The van der Waals surface area contributed by atoms with Gasteiger partial charge in [0, 0.05) is 0 Å². The van der Waals surface area contributed by atoms with Crippen LogP contribution < -0.4 is 4.72 Å². The number of carbonyl (C=O) groups is 2. The van der Waals surface area contributed by atoms with E-state index in [-0.39, 0.29) is 10.5 Å². The lowest BCUT2D eigenvalue weighted by Crippen LogP contribution is -2.31. The number of carbonyl (C=O) groups excluding carboxylic acids is 2. The topological polar surface area (TPSA) is 98.8 Å². The maximum absolute atomic E-state index is 11.8. The Morgan fingerprint density at radius 3 is 2.33 bits per heavy atom. The molecule has 1 aromatic rings. The van der Waals surface area contributed by atoms with Crippen molar-refractivity contribution in [3.8, 4) is 0 Å². The lowest BCUT2D eigenvalue weighted by atomic mass is 10.2. The molecule has 0 atom stereocenters. The predicted molar refractivity (Wildman–Crippen MR) is 73.8 cm³/mol. The molecule has 0 heterocycles. The molecular weight excluding hydrogens is 298 g/mol. The van der Waals surface area contributed by atoms with E-state index in [0.717, 1.165) is 5.56 Å². The SMILES string of the molecule is C=C(C)C(=O)COOC(=O)NS(=O)(=O)c1ccc(C)cc1. The minimum Gasteiger partial charge on any atom is -0.292 e. The van der Waals surface area contributed by atoms with Crippen molar-refractivity contribution in [3.05, 3.63) is 42.0 Å². The quantitative estimate of drug-likeness (QED) is 0.485. The van der Waals surface area contributed by atoms with Gasteiger partial charge in [-0.2, -0.15) is 4.89 Å². The Morgan fingerprint density at radius 1 is 1.24 bits per heavy atom. The standard InChI is InChI=1S/C13H15NO6S/c1-9(2)12(15)8-19-20-13(16)14-21(17,18)11-6-4-10(3)5-7-11/h4-7H,1,8H2,2-3H3,(H,14,16). The van der Waals surface area contributed by atoms with E-state index >= 15 is 0 Å². The first-order valence-electron chi connectivity index (χ1n) is 5.84. The van der Waals surface area contributed by atoms with Crippen molar-refractivity contribution in [2.24, 2.45) is 0 Å². The van der Waals surface area contributed by atoms with Crippen molar-refractivity contribution < 1.29 is 27.8 Å². The third-order valence-electron chi connectivity index (χ3n) is 2.35. The summed E-state index contributed by atoms with van der Waals surface area (Å²) >= 11 is 0. The number of hydrogen-bond donors (Lipinski definition) is 1. The molecule has 1 aromatic carbocycles. The van der Waals surface area contributed by atoms with Crippen LogP contribution in [0.5, 0.6) is 0 Å². The summed E-state index contributed by atoms with van der Waals surface area (Å²) < 4.78 is 25.3. The number of sulfonamides is 1. The Morgan fingerprint density at radius 2 is 1.81 bits per heavy atom. The highest BCUT2D eigenvalue weighted by molar-refractivity contribution is 7.90. The molecule has 0 aromatic heterocycles. The fourth-order valence-electron chi connectivity index (χ4n) is 1.16. The molecule has 0 aliphatic carbocycles. The van der Waals surface area contributed by atoms with E-state index in [2.05, 4.69) is 16.4 Å². The second-order valence-corrected chi connectivity index (χ2v) is 5.94. The van der Waals surface area contributed by atoms with Crippen molar-refractivity contribution in [2.75, 3.05) is 6.61 Å². The maximum atomic E-state index is 11.8. The normalized spacial score (nSPS) is 10.8. The Kier molecular flexibility index (Phi) is 5.62. The fraction of sp³-hybridized carbons (Fsp3) is 0.231. The average Bonchev–Trinajstić information content (AvgIpc) is 2.38. The molecule has 0 bridgehead atoms. The summed E-state index contributed by atoms with van der Waals surface area (Å²) in [5.74, 6) is -0.468. The summed E-state index contributed by atoms with van der Waals surface area (Å²) in [6.45, 7) is 6.11. The highest BCUT2D eigenvalue weighted by Crippen LogP contribution is 2.09. The van der Waals surface area contributed by atoms with Crippen LogP contribution in [0.1, 0.15) is 12.5 Å². The van der Waals surface area contributed by atoms with E-state index in [9.17, 15) is 18.0 Å². The maximum Gasteiger partial charge on any atom is 0.452 e. The third-order valence-corrected chi connectivity index (χ3v) is 3.68. The van der Waals surface area contributed by atoms with Gasteiger partial charge in [-0.15, -0.1) is 0 Å². The molecule has 0 aliphatic heterocycles. The summed E-state index contributed by atoms with van der Waals surface area (Å²) in [7, 11) is -4.05. The molecule has 8 heteroatoms. The minimum atomic E-state index is -4.05. The fourth-order valence-corrected chi connectivity index (χ4v) is 2.03. The number of hydrogen-bond acceptors (Lipinski definition) is 6. The molecule has 0 unspecified atom stereocenters. The lowest BCUT2D eigenvalue weighted by Gasteiger charge is -2.07. The van der Waals surface area contributed by atoms with Gasteiger partial charge in [-0.3, -0.25) is 9.68 Å². The number of Topliss-reactive ketones (excluding diaryl/α,β-unsaturated/α-hetero) is 1. The van der Waals surface area contributed by atoms with Crippen LogP contribution >= 0.6 is 0 Å². The monoisotopic (exact) mass is 313 g/mol. The van der Waals surface area contributed by atoms with Gasteiger partial charge in [0.05, 0.1) is 4.90 Å². The molecule has 0 saturated heterocycles. The molecule has 0 saturated carbocycles. The Balaban J connectivity index is 2.55. The van der Waals surface area contributed by atoms with Crippen molar-refractivity contribution in [1.29, 1.82) is 0 Å². The first-order valence-corrected chi connectivity index (χ1v) is 7.32. The minimum absolute atomic E-state index is 0.0944. The molecule has 114 valence electrons. The molecule has 1 N–H and O–H groups in total. The molecular formula is C13H15NO6S. The largest absolute Gasteiger partial charge is 0.452 e. The molecule has 7 nitrogen and oxygen atoms in total. The number of nitrogens with one attached hydrogen (secondary N) is 1. The van der Waals surface area contributed by atoms with E-state index in [1.165, 1.54) is 19.1 Å². The van der Waals surface area contributed by atoms with E-state index in [1.807, 2.05) is 0 Å². The van der Waals surface area contributed by atoms with Crippen LogP contribution in [0, 0.1) is 6.92 Å². The smallest absolute Gasteiger partial charge is 0.292 e. The van der Waals surface area contributed by atoms with Crippen LogP contribution in [-0.2, 0) is 24.6 Å². The highest BCUT2D eigenvalue weighted by atomic mass is 32.2. The van der Waals surface area contributed by atoms with Crippen molar-refractivity contribution in [3.63, 3.8) is 0 Å². The molecule has 1 amide bonds. The van der Waals surface area contributed by atoms with Crippen LogP contribution in [0.15, 0.2) is 41.3 Å². The molecule has 0 spiro atoms. The second kappa shape index (κ2) is 7.00. The number of rotatable bonds is 6. The summed E-state index contributed by atoms with van der Waals surface area (Å²) in [5, 5.41) is 0. The summed E-state index contributed by atoms with van der Waals surface area (Å²) in [6.07, 6.45) is -1.34. The number of aryl methyl sites for hydroxylation is 1. The Hall–Kier alpha value is -2.19. The lowest BCUT2D eigenvalue weighted by molar-refractivity contribution is -0.232. The van der Waals surface area contributed by atoms with Gasteiger partial charge in [-0.1, -0.05) is 24.3 Å². The summed E-state index contributed by atoms with van der Waals surface area (Å²) in [6, 6.07) is 5.86. The van der Waals surface area contributed by atoms with Gasteiger partial charge in [0.1, 0.15) is 0 Å². The van der Waals surface area contributed by atoms with Crippen LogP contribution in [0.4, 0.5) is 4.79 Å². The number of benzene rings is 1. The molecule has 0 fully saturated rings. The first kappa shape index (κ1) is 16.9. The summed E-state index contributed by atoms with van der Waals surface area (Å²) in [4.78, 5) is 30.8. The van der Waals surface area contributed by atoms with Gasteiger partial charge >= 0.3 is 6.09 Å². The molecule has 21 heavy (non-hydrogen) atoms. The zero-order chi connectivity index (χ0) is 16.0. The predicted octanol–water partition coefficient (Wildman–Crippen LogP) is 1.49. The first-order chi connectivity index (χ1) is 9.72. The van der Waals surface area contributed by atoms with Gasteiger partial charge < -0.3 is 0 Å². The van der Waals surface area contributed by atoms with Gasteiger partial charge in [-0.05, 0) is 31.6 Å². The highest BCUT2D eigenvalue weighted by Gasteiger charge is 2.19. The van der Waals surface area contributed by atoms with Gasteiger partial charge in [0.2, 0.25) is 0 Å².